The first-order chi connectivity index (χ1) is 10.6. The van der Waals surface area contributed by atoms with Gasteiger partial charge in [-0.2, -0.15) is 0 Å². The third kappa shape index (κ3) is 5.27. The third-order valence-corrected chi connectivity index (χ3v) is 4.33. The van der Waals surface area contributed by atoms with Crippen LogP contribution in [0.2, 0.25) is 5.02 Å². The molecule has 1 aromatic rings. The Morgan fingerprint density at radius 3 is 2.59 bits per heavy atom. The van der Waals surface area contributed by atoms with Gasteiger partial charge in [0.15, 0.2) is 0 Å². The zero-order valence-electron chi connectivity index (χ0n) is 13.5. The number of rotatable bonds is 6. The highest BCUT2D eigenvalue weighted by molar-refractivity contribution is 6.30. The van der Waals surface area contributed by atoms with Crippen molar-refractivity contribution in [1.29, 1.82) is 0 Å². The van der Waals surface area contributed by atoms with E-state index in [2.05, 4.69) is 22.0 Å². The van der Waals surface area contributed by atoms with Crippen molar-refractivity contribution < 1.29 is 4.79 Å². The number of nitrogens with zero attached hydrogens (tertiary/aromatic N) is 2. The molecule has 22 heavy (non-hydrogen) atoms. The normalized spacial score (nSPS) is 18.1. The van der Waals surface area contributed by atoms with Gasteiger partial charge in [-0.05, 0) is 37.6 Å². The number of carbonyl (C=O) groups is 1. The van der Waals surface area contributed by atoms with Crippen LogP contribution in [0.3, 0.4) is 0 Å². The predicted molar refractivity (Wildman–Crippen MR) is 91.2 cm³/mol. The van der Waals surface area contributed by atoms with Crippen molar-refractivity contribution in [3.63, 3.8) is 0 Å². The summed E-state index contributed by atoms with van der Waals surface area (Å²) in [4.78, 5) is 16.9. The zero-order valence-corrected chi connectivity index (χ0v) is 14.3. The lowest BCUT2D eigenvalue weighted by Gasteiger charge is -2.34. The molecule has 5 heteroatoms. The van der Waals surface area contributed by atoms with Crippen LogP contribution in [0.5, 0.6) is 0 Å². The number of carbonyl (C=O) groups excluding carboxylic acids is 1. The van der Waals surface area contributed by atoms with Crippen LogP contribution >= 0.6 is 11.6 Å². The lowest BCUT2D eigenvalue weighted by molar-refractivity contribution is -0.123. The summed E-state index contributed by atoms with van der Waals surface area (Å²) in [6, 6.07) is 7.62. The molecule has 0 aliphatic carbocycles. The van der Waals surface area contributed by atoms with Crippen molar-refractivity contribution in [3.8, 4) is 0 Å². The van der Waals surface area contributed by atoms with Crippen molar-refractivity contribution in [2.24, 2.45) is 0 Å². The molecule has 0 bridgehead atoms. The smallest absolute Gasteiger partial charge is 0.234 e. The van der Waals surface area contributed by atoms with Crippen LogP contribution in [0.25, 0.3) is 0 Å². The van der Waals surface area contributed by atoms with Crippen LogP contribution < -0.4 is 5.32 Å². The fraction of sp³-hybridized carbons (Fsp3) is 0.588. The monoisotopic (exact) mass is 323 g/mol. The van der Waals surface area contributed by atoms with Gasteiger partial charge in [-0.3, -0.25) is 9.69 Å². The molecule has 0 aromatic heterocycles. The molecule has 0 radical (unpaired) electrons. The first-order valence-corrected chi connectivity index (χ1v) is 8.46. The second-order valence-electron chi connectivity index (χ2n) is 5.96. The van der Waals surface area contributed by atoms with Crippen LogP contribution in [0.4, 0.5) is 0 Å². The van der Waals surface area contributed by atoms with Gasteiger partial charge in [-0.1, -0.05) is 30.7 Å². The first-order valence-electron chi connectivity index (χ1n) is 8.08. The Balaban J connectivity index is 1.76. The van der Waals surface area contributed by atoms with Crippen LogP contribution in [0.15, 0.2) is 24.3 Å². The molecule has 1 N–H and O–H groups in total. The summed E-state index contributed by atoms with van der Waals surface area (Å²) >= 11 is 5.99. The molecule has 1 amide bonds. The lowest BCUT2D eigenvalue weighted by Crippen LogP contribution is -2.49. The Morgan fingerprint density at radius 2 is 1.95 bits per heavy atom. The molecule has 1 aliphatic rings. The molecular formula is C17H26ClN3O. The quantitative estimate of drug-likeness (QED) is 0.874. The van der Waals surface area contributed by atoms with E-state index in [1.807, 2.05) is 31.2 Å². The fourth-order valence-electron chi connectivity index (χ4n) is 2.84. The Bertz CT molecular complexity index is 487. The molecule has 2 rings (SSSR count). The van der Waals surface area contributed by atoms with Gasteiger partial charge >= 0.3 is 0 Å². The highest BCUT2D eigenvalue weighted by atomic mass is 35.5. The molecule has 1 atom stereocenters. The molecule has 1 fully saturated rings. The van der Waals surface area contributed by atoms with Crippen LogP contribution in [0.1, 0.15) is 31.9 Å². The van der Waals surface area contributed by atoms with Crippen LogP contribution in [-0.4, -0.2) is 55.0 Å². The Kier molecular flexibility index (Phi) is 6.68. The van der Waals surface area contributed by atoms with Gasteiger partial charge in [-0.25, -0.2) is 0 Å². The van der Waals surface area contributed by atoms with Crippen LogP contribution in [-0.2, 0) is 4.79 Å². The number of amides is 1. The van der Waals surface area contributed by atoms with Gasteiger partial charge in [0, 0.05) is 31.2 Å². The van der Waals surface area contributed by atoms with Gasteiger partial charge < -0.3 is 10.2 Å². The van der Waals surface area contributed by atoms with E-state index in [0.717, 1.165) is 38.3 Å². The Morgan fingerprint density at radius 1 is 1.27 bits per heavy atom. The lowest BCUT2D eigenvalue weighted by atomic mass is 10.1. The van der Waals surface area contributed by atoms with E-state index in [4.69, 9.17) is 11.6 Å². The molecule has 0 spiro atoms. The topological polar surface area (TPSA) is 35.6 Å². The molecule has 122 valence electrons. The maximum Gasteiger partial charge on any atom is 0.234 e. The maximum atomic E-state index is 12.2. The number of benzene rings is 1. The van der Waals surface area contributed by atoms with Gasteiger partial charge in [-0.15, -0.1) is 0 Å². The highest BCUT2D eigenvalue weighted by Gasteiger charge is 2.19. The second-order valence-corrected chi connectivity index (χ2v) is 6.40. The second kappa shape index (κ2) is 8.51. The number of halogens is 1. The van der Waals surface area contributed by atoms with Crippen molar-refractivity contribution in [1.82, 2.24) is 15.1 Å². The van der Waals surface area contributed by atoms with Crippen LogP contribution in [0, 0.1) is 0 Å². The fourth-order valence-corrected chi connectivity index (χ4v) is 3.04. The van der Waals surface area contributed by atoms with Gasteiger partial charge in [0.1, 0.15) is 0 Å². The first kappa shape index (κ1) is 17.3. The van der Waals surface area contributed by atoms with E-state index in [-0.39, 0.29) is 11.9 Å². The summed E-state index contributed by atoms with van der Waals surface area (Å²) < 4.78 is 0. The largest absolute Gasteiger partial charge is 0.348 e. The number of piperazine rings is 1. The molecule has 1 unspecified atom stereocenters. The summed E-state index contributed by atoms with van der Waals surface area (Å²) in [5.41, 5.74) is 1.04. The van der Waals surface area contributed by atoms with E-state index in [9.17, 15) is 4.79 Å². The summed E-state index contributed by atoms with van der Waals surface area (Å²) in [6.45, 7) is 9.89. The minimum atomic E-state index is -0.0208. The average Bonchev–Trinajstić information content (AvgIpc) is 2.49. The van der Waals surface area contributed by atoms with Gasteiger partial charge in [0.25, 0.3) is 0 Å². The molecular weight excluding hydrogens is 298 g/mol. The van der Waals surface area contributed by atoms with Crippen molar-refractivity contribution in [3.05, 3.63) is 34.9 Å². The number of nitrogens with one attached hydrogen (secondary N) is 1. The summed E-state index contributed by atoms with van der Waals surface area (Å²) in [5.74, 6) is 0.0800. The van der Waals surface area contributed by atoms with Gasteiger partial charge in [0.2, 0.25) is 5.91 Å². The van der Waals surface area contributed by atoms with Crippen molar-refractivity contribution >= 4 is 17.5 Å². The van der Waals surface area contributed by atoms with Crippen molar-refractivity contribution in [2.45, 2.75) is 26.3 Å². The molecule has 1 saturated heterocycles. The minimum absolute atomic E-state index is 0.0208. The number of hydrogen-bond donors (Lipinski definition) is 1. The SMILES string of the molecule is CCCN1CCN(CC(=O)NC(C)c2cccc(Cl)c2)CC1. The maximum absolute atomic E-state index is 12.2. The van der Waals surface area contributed by atoms with E-state index in [1.54, 1.807) is 0 Å². The van der Waals surface area contributed by atoms with Gasteiger partial charge in [0.05, 0.1) is 12.6 Å². The summed E-state index contributed by atoms with van der Waals surface area (Å²) in [5, 5.41) is 3.75. The third-order valence-electron chi connectivity index (χ3n) is 4.10. The zero-order chi connectivity index (χ0) is 15.9. The van der Waals surface area contributed by atoms with E-state index in [0.29, 0.717) is 11.6 Å². The van der Waals surface area contributed by atoms with Crippen molar-refractivity contribution in [2.75, 3.05) is 39.3 Å². The molecule has 0 saturated carbocycles. The van der Waals surface area contributed by atoms with E-state index < -0.39 is 0 Å². The highest BCUT2D eigenvalue weighted by Crippen LogP contribution is 2.17. The summed E-state index contributed by atoms with van der Waals surface area (Å²) in [6.07, 6.45) is 1.19. The molecule has 1 heterocycles. The number of hydrogen-bond acceptors (Lipinski definition) is 3. The average molecular weight is 324 g/mol. The Labute approximate surface area is 138 Å². The van der Waals surface area contributed by atoms with E-state index >= 15 is 0 Å². The predicted octanol–water partition coefficient (Wildman–Crippen LogP) is 2.54. The molecule has 1 aromatic carbocycles. The summed E-state index contributed by atoms with van der Waals surface area (Å²) in [7, 11) is 0. The molecule has 1 aliphatic heterocycles. The Hall–Kier alpha value is -1.10. The van der Waals surface area contributed by atoms with E-state index in [1.165, 1.54) is 6.42 Å². The standard InChI is InChI=1S/C17H26ClN3O/c1-3-7-20-8-10-21(11-9-20)13-17(22)19-14(2)15-5-4-6-16(18)12-15/h4-6,12,14H,3,7-11,13H2,1-2H3,(H,19,22). The minimum Gasteiger partial charge on any atom is -0.348 e. The molecule has 4 nitrogen and oxygen atoms in total.